The number of rotatable bonds is 16. The molecule has 41 heavy (non-hydrogen) atoms. The molecule has 0 aliphatic rings. The van der Waals surface area contributed by atoms with Crippen LogP contribution in [0.3, 0.4) is 0 Å². The van der Waals surface area contributed by atoms with Gasteiger partial charge in [-0.15, -0.1) is 0 Å². The fraction of sp³-hybridized carbons (Fsp3) is 0.333. The number of unbranched alkanes of at least 4 members (excludes halogenated alkanes) is 3. The molecule has 0 spiro atoms. The van der Waals surface area contributed by atoms with Crippen LogP contribution >= 0.6 is 0 Å². The molecule has 0 unspecified atom stereocenters. The highest BCUT2D eigenvalue weighted by atomic mass is 16.7. The molecule has 0 heterocycles. The van der Waals surface area contributed by atoms with Crippen molar-refractivity contribution in [2.75, 3.05) is 19.6 Å². The van der Waals surface area contributed by atoms with Crippen LogP contribution in [0.4, 0.5) is 5.69 Å². The molecule has 0 aromatic heterocycles. The molecule has 0 N–H and O–H groups in total. The molecule has 4 rings (SSSR count). The predicted octanol–water partition coefficient (Wildman–Crippen LogP) is 9.40. The Labute approximate surface area is 248 Å². The summed E-state index contributed by atoms with van der Waals surface area (Å²) in [6.45, 7) is 10.4. The van der Waals surface area contributed by atoms with Gasteiger partial charge in [0.15, 0.2) is 0 Å². The van der Waals surface area contributed by atoms with Crippen molar-refractivity contribution in [3.05, 3.63) is 121 Å². The van der Waals surface area contributed by atoms with Gasteiger partial charge in [-0.1, -0.05) is 76.4 Å². The molecule has 0 aliphatic carbocycles. The van der Waals surface area contributed by atoms with Crippen molar-refractivity contribution < 1.29 is 14.0 Å². The fourth-order valence-corrected chi connectivity index (χ4v) is 4.69. The summed E-state index contributed by atoms with van der Waals surface area (Å²) in [5.41, 5.74) is 1.37. The molecule has 0 atom stereocenters. The fourth-order valence-electron chi connectivity index (χ4n) is 4.69. The molecule has 4 aromatic carbocycles. The van der Waals surface area contributed by atoms with Gasteiger partial charge < -0.3 is 14.0 Å². The van der Waals surface area contributed by atoms with Gasteiger partial charge in [0.05, 0.1) is 19.6 Å². The number of para-hydroxylation sites is 2. The molecule has 4 nitrogen and oxygen atoms in total. The summed E-state index contributed by atoms with van der Waals surface area (Å²) >= 11 is 0. The number of hydrogen-bond donors (Lipinski definition) is 0. The summed E-state index contributed by atoms with van der Waals surface area (Å²) in [7, 11) is -0.898. The van der Waals surface area contributed by atoms with E-state index >= 15 is 0 Å². The van der Waals surface area contributed by atoms with Crippen molar-refractivity contribution in [1.82, 2.24) is 4.48 Å². The normalized spacial score (nSPS) is 10.7. The number of hydrogen-bond acceptors (Lipinski definition) is 3. The lowest BCUT2D eigenvalue weighted by atomic mass is 10.1. The minimum Gasteiger partial charge on any atom is -0.490 e. The average molecular weight is 552 g/mol. The van der Waals surface area contributed by atoms with Crippen molar-refractivity contribution in [2.24, 2.45) is 0 Å². The Morgan fingerprint density at radius 1 is 0.512 bits per heavy atom. The zero-order chi connectivity index (χ0) is 29.0. The van der Waals surface area contributed by atoms with E-state index in [9.17, 15) is 0 Å². The quantitative estimate of drug-likeness (QED) is 0.0789. The Kier molecular flexibility index (Phi) is 14.5. The largest absolute Gasteiger partial charge is 0.864 e. The van der Waals surface area contributed by atoms with Crippen LogP contribution in [0.1, 0.15) is 59.3 Å². The van der Waals surface area contributed by atoms with Crippen molar-refractivity contribution in [2.45, 2.75) is 59.3 Å². The third-order valence-electron chi connectivity index (χ3n) is 6.99. The lowest BCUT2D eigenvalue weighted by molar-refractivity contribution is 0.259. The van der Waals surface area contributed by atoms with E-state index in [0.717, 1.165) is 10.2 Å². The molecule has 0 amide bonds. The summed E-state index contributed by atoms with van der Waals surface area (Å²) < 4.78 is 19.3. The number of nitrogens with zero attached hydrogens (tertiary/aromatic N) is 1. The molecular formula is C36H46BNO3. The lowest BCUT2D eigenvalue weighted by Gasteiger charge is -2.39. The van der Waals surface area contributed by atoms with Gasteiger partial charge in [-0.2, -0.15) is 36.4 Å². The van der Waals surface area contributed by atoms with Gasteiger partial charge in [0, 0.05) is 12.1 Å². The van der Waals surface area contributed by atoms with Crippen LogP contribution in [0, 0.1) is 6.07 Å². The lowest BCUT2D eigenvalue weighted by Crippen LogP contribution is -2.51. The maximum absolute atomic E-state index is 6.18. The third kappa shape index (κ3) is 11.4. The first-order valence-corrected chi connectivity index (χ1v) is 15.2. The van der Waals surface area contributed by atoms with E-state index in [1.165, 1.54) is 63.8 Å². The van der Waals surface area contributed by atoms with Crippen LogP contribution in [0.2, 0.25) is 0 Å². The molecular weight excluding hydrogens is 505 g/mol. The van der Waals surface area contributed by atoms with Gasteiger partial charge in [-0.3, -0.25) is 4.48 Å². The summed E-state index contributed by atoms with van der Waals surface area (Å²) in [6.07, 6.45) is 7.37. The summed E-state index contributed by atoms with van der Waals surface area (Å²) in [4.78, 5) is 0. The van der Waals surface area contributed by atoms with Gasteiger partial charge in [-0.05, 0) is 55.7 Å². The third-order valence-corrected chi connectivity index (χ3v) is 6.99. The summed E-state index contributed by atoms with van der Waals surface area (Å²) in [5.74, 6) is 2.11. The van der Waals surface area contributed by atoms with E-state index in [4.69, 9.17) is 14.0 Å². The number of quaternary nitrogens is 1. The van der Waals surface area contributed by atoms with Crippen LogP contribution in [-0.4, -0.2) is 27.0 Å². The van der Waals surface area contributed by atoms with Gasteiger partial charge >= 0.3 is 7.32 Å². The SMILES string of the molecule is CCCC[N+](CCCC)(CCCC)c1ccc(OB(Oc2ccccc2)Oc2ccccc2)cc1.[c-]1ccccc1. The minimum atomic E-state index is -0.898. The molecule has 0 fully saturated rings. The smallest absolute Gasteiger partial charge is 0.490 e. The van der Waals surface area contributed by atoms with E-state index in [0.29, 0.717) is 11.5 Å². The van der Waals surface area contributed by atoms with Crippen LogP contribution in [-0.2, 0) is 0 Å². The van der Waals surface area contributed by atoms with Crippen molar-refractivity contribution >= 4 is 13.0 Å². The second-order valence-corrected chi connectivity index (χ2v) is 10.2. The Morgan fingerprint density at radius 2 is 0.902 bits per heavy atom. The standard InChI is InChI=1S/C30H41BNO3.C6H5/c1-4-7-24-32(25-8-5-2,26-9-6-3)27-20-22-30(23-21-27)35-31(33-28-16-12-10-13-17-28)34-29-18-14-11-15-19-29;1-2-4-6-5-3-1/h10-23H,4-9,24-26H2,1-3H3;1-5H/q+1;-1. The van der Waals surface area contributed by atoms with E-state index < -0.39 is 7.32 Å². The maximum Gasteiger partial charge on any atom is 0.864 e. The predicted molar refractivity (Wildman–Crippen MR) is 173 cm³/mol. The summed E-state index contributed by atoms with van der Waals surface area (Å²) in [6, 6.07) is 40.3. The van der Waals surface area contributed by atoms with E-state index in [2.05, 4.69) is 51.1 Å². The average Bonchev–Trinajstić information content (AvgIpc) is 3.03. The van der Waals surface area contributed by atoms with Gasteiger partial charge in [0.1, 0.15) is 22.9 Å². The Morgan fingerprint density at radius 3 is 1.24 bits per heavy atom. The van der Waals surface area contributed by atoms with Crippen molar-refractivity contribution in [1.29, 1.82) is 0 Å². The maximum atomic E-state index is 6.18. The number of benzene rings is 4. The van der Waals surface area contributed by atoms with E-state index in [1.54, 1.807) is 0 Å². The van der Waals surface area contributed by atoms with Crippen LogP contribution in [0.5, 0.6) is 17.2 Å². The minimum absolute atomic E-state index is 0.694. The zero-order valence-corrected chi connectivity index (χ0v) is 25.1. The van der Waals surface area contributed by atoms with Crippen LogP contribution in [0.25, 0.3) is 0 Å². The molecule has 0 aliphatic heterocycles. The molecule has 0 radical (unpaired) electrons. The van der Waals surface area contributed by atoms with Gasteiger partial charge in [0.25, 0.3) is 0 Å². The first kappa shape index (κ1) is 31.8. The van der Waals surface area contributed by atoms with E-state index in [1.807, 2.05) is 91.0 Å². The Hall–Kier alpha value is -3.70. The Bertz CT molecular complexity index is 1080. The topological polar surface area (TPSA) is 27.7 Å². The second-order valence-electron chi connectivity index (χ2n) is 10.2. The molecule has 216 valence electrons. The van der Waals surface area contributed by atoms with Crippen LogP contribution in [0.15, 0.2) is 115 Å². The van der Waals surface area contributed by atoms with Gasteiger partial charge in [-0.25, -0.2) is 0 Å². The first-order valence-electron chi connectivity index (χ1n) is 15.2. The van der Waals surface area contributed by atoms with E-state index in [-0.39, 0.29) is 0 Å². The molecule has 0 bridgehead atoms. The highest BCUT2D eigenvalue weighted by molar-refractivity contribution is 6.39. The summed E-state index contributed by atoms with van der Waals surface area (Å²) in [5, 5.41) is 0. The highest BCUT2D eigenvalue weighted by Crippen LogP contribution is 2.29. The molecule has 5 heteroatoms. The van der Waals surface area contributed by atoms with Crippen molar-refractivity contribution in [3.8, 4) is 17.2 Å². The van der Waals surface area contributed by atoms with Gasteiger partial charge in [0.2, 0.25) is 0 Å². The van der Waals surface area contributed by atoms with Crippen LogP contribution < -0.4 is 18.4 Å². The molecule has 0 saturated carbocycles. The zero-order valence-electron chi connectivity index (χ0n) is 25.1. The molecule has 4 aromatic rings. The van der Waals surface area contributed by atoms with Crippen molar-refractivity contribution in [3.63, 3.8) is 0 Å². The molecule has 0 saturated heterocycles. The second kappa shape index (κ2) is 18.6. The highest BCUT2D eigenvalue weighted by Gasteiger charge is 2.32. The first-order chi connectivity index (χ1) is 20.2. The monoisotopic (exact) mass is 551 g/mol. The Balaban J connectivity index is 0.000000681.